The minimum absolute atomic E-state index is 0.282. The Labute approximate surface area is 276 Å². The zero-order valence-electron chi connectivity index (χ0n) is 28.9. The van der Waals surface area contributed by atoms with E-state index in [1.165, 1.54) is 171 Å². The van der Waals surface area contributed by atoms with Crippen LogP contribution in [0.15, 0.2) is 57.7 Å². The summed E-state index contributed by atoms with van der Waals surface area (Å²) in [6.45, 7) is 8.50. The summed E-state index contributed by atoms with van der Waals surface area (Å²) < 4.78 is 0. The van der Waals surface area contributed by atoms with Crippen LogP contribution in [0.4, 0.5) is 0 Å². The summed E-state index contributed by atoms with van der Waals surface area (Å²) in [6, 6.07) is 0. The van der Waals surface area contributed by atoms with Crippen LogP contribution >= 0.6 is 20.1 Å². The maximum atomic E-state index is 4.30. The van der Waals surface area contributed by atoms with Gasteiger partial charge in [0.15, 0.2) is 0 Å². The van der Waals surface area contributed by atoms with E-state index in [2.05, 4.69) is 13.2 Å². The van der Waals surface area contributed by atoms with Crippen LogP contribution in [-0.2, 0) is 0 Å². The van der Waals surface area contributed by atoms with E-state index >= 15 is 0 Å². The maximum Gasteiger partial charge on any atom is -0.0102 e. The van der Waals surface area contributed by atoms with Gasteiger partial charge in [-0.2, -0.15) is 0 Å². The summed E-state index contributed by atoms with van der Waals surface area (Å²) in [5.41, 5.74) is 14.4. The minimum Gasteiger partial charge on any atom is -0.240 e. The molecule has 2 spiro atoms. The van der Waals surface area contributed by atoms with Gasteiger partial charge in [-0.1, -0.05) is 70.6 Å². The Morgan fingerprint density at radius 2 is 0.591 bits per heavy atom. The Morgan fingerprint density at radius 1 is 0.273 bits per heavy atom. The van der Waals surface area contributed by atoms with Gasteiger partial charge in [-0.05, 0) is 187 Å². The Morgan fingerprint density at radius 3 is 1.00 bits per heavy atom. The molecule has 0 aromatic heterocycles. The summed E-state index contributed by atoms with van der Waals surface area (Å²) in [5, 5.41) is 0. The second-order valence-electron chi connectivity index (χ2n) is 16.1. The lowest BCUT2D eigenvalue weighted by Crippen LogP contribution is -2.26. The third-order valence-corrected chi connectivity index (χ3v) is 21.8. The fourth-order valence-corrected chi connectivity index (χ4v) is 18.1. The van der Waals surface area contributed by atoms with Gasteiger partial charge in [-0.25, -0.2) is 20.1 Å². The highest BCUT2D eigenvalue weighted by Crippen LogP contribution is 2.58. The predicted octanol–water partition coefficient (Wildman–Crippen LogP) is 13.0. The van der Waals surface area contributed by atoms with Crippen molar-refractivity contribution in [3.8, 4) is 0 Å². The van der Waals surface area contributed by atoms with Crippen molar-refractivity contribution >= 4 is 20.1 Å². The van der Waals surface area contributed by atoms with E-state index in [1.54, 1.807) is 45.7 Å². The van der Waals surface area contributed by atoms with Crippen LogP contribution in [0, 0.1) is 0 Å². The largest absolute Gasteiger partial charge is 0.240 e. The summed E-state index contributed by atoms with van der Waals surface area (Å²) in [4.78, 5) is 0. The molecule has 0 bridgehead atoms. The normalized spacial score (nSPS) is 32.8. The molecule has 0 amide bonds. The third kappa shape index (κ3) is 8.85. The first-order valence-corrected chi connectivity index (χ1v) is 24.0. The lowest BCUT2D eigenvalue weighted by atomic mass is 9.80. The molecule has 0 aromatic rings. The van der Waals surface area contributed by atoms with Crippen LogP contribution < -0.4 is 0 Å². The molecule has 4 aliphatic heterocycles. The number of hydrogen-bond acceptors (Lipinski definition) is 0. The van der Waals surface area contributed by atoms with Gasteiger partial charge in [0, 0.05) is 0 Å². The highest BCUT2D eigenvalue weighted by Gasteiger charge is 2.32. The summed E-state index contributed by atoms with van der Waals surface area (Å²) >= 11 is 0. The molecule has 6 rings (SSSR count). The third-order valence-electron chi connectivity index (χ3n) is 13.1. The molecule has 0 N–H and O–H groups in total. The van der Waals surface area contributed by atoms with E-state index in [0.717, 1.165) is 0 Å². The molecule has 0 aromatic carbocycles. The van der Waals surface area contributed by atoms with E-state index < -0.39 is 0 Å². The average Bonchev–Trinajstić information content (AvgIpc) is 3.02. The van der Waals surface area contributed by atoms with Crippen molar-refractivity contribution in [2.75, 3.05) is 46.0 Å². The van der Waals surface area contributed by atoms with Crippen molar-refractivity contribution in [1.82, 2.24) is 0 Å². The van der Waals surface area contributed by atoms with Crippen LogP contribution in [0.2, 0.25) is 0 Å². The Bertz CT molecular complexity index is 1050. The van der Waals surface area contributed by atoms with E-state index in [-0.39, 0.29) is 20.1 Å². The number of hydrogen-bond donors (Lipinski definition) is 0. The quantitative estimate of drug-likeness (QED) is 0.232. The fourth-order valence-electron chi connectivity index (χ4n) is 9.83. The monoisotopic (exact) mass is 636 g/mol. The van der Waals surface area contributed by atoms with E-state index in [1.807, 2.05) is 27.9 Å². The highest BCUT2D eigenvalue weighted by molar-refractivity contribution is 8.34. The molecular weight excluding hydrogens is 569 g/mol. The molecule has 2 heteroatoms. The summed E-state index contributed by atoms with van der Waals surface area (Å²) in [5.74, 6) is 12.6. The Kier molecular flexibility index (Phi) is 12.1. The molecule has 2 saturated carbocycles. The van der Waals surface area contributed by atoms with Crippen molar-refractivity contribution in [1.29, 1.82) is 0 Å². The minimum atomic E-state index is -0.362. The van der Waals surface area contributed by atoms with Crippen LogP contribution in [0.1, 0.15) is 154 Å². The molecule has 248 valence electrons. The lowest BCUT2D eigenvalue weighted by Gasteiger charge is -2.47. The molecule has 4 heterocycles. The zero-order valence-corrected chi connectivity index (χ0v) is 30.5. The SMILES string of the molecule is C=C1CCS2(CC1)CCC(=C1CCCCCS3(CCCCC1)CCC(=C1CCCCC(=C4CC(=C)C4)CCCC1)CC3)CC2. The molecule has 4 saturated heterocycles. The summed E-state index contributed by atoms with van der Waals surface area (Å²) in [7, 11) is -0.644. The van der Waals surface area contributed by atoms with Crippen LogP contribution in [0.3, 0.4) is 0 Å². The molecule has 0 atom stereocenters. The second kappa shape index (κ2) is 16.0. The van der Waals surface area contributed by atoms with Crippen LogP contribution in [0.25, 0.3) is 0 Å². The van der Waals surface area contributed by atoms with Gasteiger partial charge in [-0.3, -0.25) is 0 Å². The number of allylic oxidation sites excluding steroid dienone is 8. The van der Waals surface area contributed by atoms with Crippen molar-refractivity contribution < 1.29 is 0 Å². The van der Waals surface area contributed by atoms with E-state index in [9.17, 15) is 0 Å². The first-order valence-electron chi connectivity index (χ1n) is 19.4. The van der Waals surface area contributed by atoms with Gasteiger partial charge < -0.3 is 0 Å². The lowest BCUT2D eigenvalue weighted by molar-refractivity contribution is 0.603. The van der Waals surface area contributed by atoms with Gasteiger partial charge in [0.1, 0.15) is 0 Å². The molecular formula is C42H68S2. The molecule has 0 radical (unpaired) electrons. The fraction of sp³-hybridized carbons (Fsp3) is 0.762. The van der Waals surface area contributed by atoms with Crippen LogP contribution in [-0.4, -0.2) is 46.0 Å². The van der Waals surface area contributed by atoms with Crippen LogP contribution in [0.5, 0.6) is 0 Å². The molecule has 0 nitrogen and oxygen atoms in total. The maximum absolute atomic E-state index is 4.30. The zero-order chi connectivity index (χ0) is 30.2. The van der Waals surface area contributed by atoms with Gasteiger partial charge in [-0.15, -0.1) is 0 Å². The first kappa shape index (κ1) is 33.3. The molecule has 2 aliphatic carbocycles. The molecule has 44 heavy (non-hydrogen) atoms. The van der Waals surface area contributed by atoms with Gasteiger partial charge in [0.25, 0.3) is 0 Å². The van der Waals surface area contributed by atoms with Gasteiger partial charge in [0.05, 0.1) is 0 Å². The Hall–Kier alpha value is -0.600. The van der Waals surface area contributed by atoms with Gasteiger partial charge in [0.2, 0.25) is 0 Å². The van der Waals surface area contributed by atoms with Gasteiger partial charge >= 0.3 is 0 Å². The molecule has 6 aliphatic rings. The number of rotatable bonds is 0. The van der Waals surface area contributed by atoms with E-state index in [4.69, 9.17) is 0 Å². The highest BCUT2D eigenvalue weighted by atomic mass is 32.3. The van der Waals surface area contributed by atoms with Crippen molar-refractivity contribution in [2.24, 2.45) is 0 Å². The first-order chi connectivity index (χ1) is 21.5. The second-order valence-corrected chi connectivity index (χ2v) is 24.3. The van der Waals surface area contributed by atoms with Crippen molar-refractivity contribution in [3.05, 3.63) is 57.7 Å². The van der Waals surface area contributed by atoms with E-state index in [0.29, 0.717) is 0 Å². The van der Waals surface area contributed by atoms with Crippen molar-refractivity contribution in [3.63, 3.8) is 0 Å². The van der Waals surface area contributed by atoms with Crippen molar-refractivity contribution in [2.45, 2.75) is 154 Å². The summed E-state index contributed by atoms with van der Waals surface area (Å²) in [6.07, 6.45) is 34.3. The predicted molar refractivity (Wildman–Crippen MR) is 204 cm³/mol. The average molecular weight is 637 g/mol. The topological polar surface area (TPSA) is 0 Å². The Balaban J connectivity index is 0.973. The molecule has 0 unspecified atom stereocenters. The standard InChI is InChI=1S/C42H68S2/c1-35-19-27-44(28-20-35)31-23-41(24-32-44)37-13-5-3-11-25-43(26-12-4-6-14-37)29-21-40(22-30-43)38-15-7-9-17-39(18-10-8-16-38)42-33-36(2)34-42/h1-34H2. The smallest absolute Gasteiger partial charge is 0.0102 e. The molecule has 6 fully saturated rings.